The molecule has 92 valence electrons. The molecule has 1 atom stereocenters. The lowest BCUT2D eigenvalue weighted by atomic mass is 10.1. The van der Waals surface area contributed by atoms with E-state index >= 15 is 0 Å². The molecule has 0 aliphatic carbocycles. The lowest BCUT2D eigenvalue weighted by Crippen LogP contribution is -2.42. The molecule has 0 aliphatic heterocycles. The van der Waals surface area contributed by atoms with Crippen LogP contribution in [-0.4, -0.2) is 18.9 Å². The summed E-state index contributed by atoms with van der Waals surface area (Å²) in [4.78, 5) is 0. The zero-order valence-corrected chi connectivity index (χ0v) is 12.9. The third-order valence-electron chi connectivity index (χ3n) is 2.49. The number of hydrogen-bond donors (Lipinski definition) is 0. The van der Waals surface area contributed by atoms with Gasteiger partial charge >= 0.3 is 0 Å². The van der Waals surface area contributed by atoms with Crippen molar-refractivity contribution in [1.29, 1.82) is 0 Å². The van der Waals surface area contributed by atoms with E-state index in [2.05, 4.69) is 26.9 Å². The molecule has 0 bridgehead atoms. The average Bonchev–Trinajstić information content (AvgIpc) is 2.14. The summed E-state index contributed by atoms with van der Waals surface area (Å²) in [7, 11) is -1.90. The number of rotatable bonds is 8. The Kier molecular flexibility index (Phi) is 8.34. The Morgan fingerprint density at radius 2 is 1.67 bits per heavy atom. The summed E-state index contributed by atoms with van der Waals surface area (Å²) in [6.45, 7) is 8.58. The van der Waals surface area contributed by atoms with Gasteiger partial charge in [-0.15, -0.1) is 23.2 Å². The molecule has 0 fully saturated rings. The molecule has 0 saturated heterocycles. The first-order chi connectivity index (χ1) is 6.94. The highest BCUT2D eigenvalue weighted by Crippen LogP contribution is 2.24. The molecule has 0 aliphatic rings. The standard InChI is InChI=1S/C11H24Cl2OSi/c1-5-7-9-10(8-6-2)14-15(3,4)11(12)13/h10-11H,5-9H2,1-4H3. The van der Waals surface area contributed by atoms with Crippen LogP contribution in [0.2, 0.25) is 13.1 Å². The molecule has 0 aromatic rings. The minimum atomic E-state index is -1.90. The molecule has 0 aromatic heterocycles. The molecule has 0 amide bonds. The zero-order valence-electron chi connectivity index (χ0n) is 10.4. The molecule has 0 heterocycles. The van der Waals surface area contributed by atoms with Gasteiger partial charge in [0.25, 0.3) is 0 Å². The smallest absolute Gasteiger partial charge is 0.220 e. The second-order valence-electron chi connectivity index (χ2n) is 4.57. The fourth-order valence-corrected chi connectivity index (χ4v) is 3.00. The predicted octanol–water partition coefficient (Wildman–Crippen LogP) is 4.91. The maximum absolute atomic E-state index is 6.12. The summed E-state index contributed by atoms with van der Waals surface area (Å²) in [5.74, 6) is 0. The van der Waals surface area contributed by atoms with Crippen molar-refractivity contribution in [2.45, 2.75) is 69.6 Å². The Hall–Kier alpha value is 0.757. The van der Waals surface area contributed by atoms with Crippen LogP contribution in [0.15, 0.2) is 0 Å². The van der Waals surface area contributed by atoms with E-state index in [1.807, 2.05) is 0 Å². The van der Waals surface area contributed by atoms with Crippen LogP contribution in [0, 0.1) is 0 Å². The minimum absolute atomic E-state index is 0.335. The normalized spacial score (nSPS) is 14.6. The first-order valence-corrected chi connectivity index (χ1v) is 9.75. The Labute approximate surface area is 106 Å². The van der Waals surface area contributed by atoms with E-state index in [0.29, 0.717) is 6.10 Å². The summed E-state index contributed by atoms with van der Waals surface area (Å²) in [5.41, 5.74) is 0. The fourth-order valence-electron chi connectivity index (χ4n) is 1.50. The van der Waals surface area contributed by atoms with Crippen molar-refractivity contribution in [2.75, 3.05) is 0 Å². The van der Waals surface area contributed by atoms with Crippen molar-refractivity contribution in [3.8, 4) is 0 Å². The van der Waals surface area contributed by atoms with Crippen LogP contribution >= 0.6 is 23.2 Å². The van der Waals surface area contributed by atoms with Crippen molar-refractivity contribution in [3.05, 3.63) is 0 Å². The van der Waals surface area contributed by atoms with E-state index in [0.717, 1.165) is 19.3 Å². The van der Waals surface area contributed by atoms with Crippen LogP contribution in [0.25, 0.3) is 0 Å². The molecule has 15 heavy (non-hydrogen) atoms. The summed E-state index contributed by atoms with van der Waals surface area (Å²) in [6, 6.07) is 0. The molecule has 1 unspecified atom stereocenters. The molecule has 4 heteroatoms. The molecule has 0 radical (unpaired) electrons. The van der Waals surface area contributed by atoms with Crippen LogP contribution in [-0.2, 0) is 4.43 Å². The second-order valence-corrected chi connectivity index (χ2v) is 10.4. The van der Waals surface area contributed by atoms with Gasteiger partial charge in [-0.25, -0.2) is 0 Å². The first-order valence-electron chi connectivity index (χ1n) is 5.90. The maximum Gasteiger partial charge on any atom is 0.220 e. The summed E-state index contributed by atoms with van der Waals surface area (Å²) >= 11 is 11.9. The molecule has 0 N–H and O–H groups in total. The third kappa shape index (κ3) is 6.83. The topological polar surface area (TPSA) is 9.23 Å². The van der Waals surface area contributed by atoms with E-state index in [4.69, 9.17) is 27.6 Å². The van der Waals surface area contributed by atoms with Gasteiger partial charge in [0.2, 0.25) is 8.32 Å². The van der Waals surface area contributed by atoms with Crippen molar-refractivity contribution < 1.29 is 4.43 Å². The molecule has 0 rings (SSSR count). The summed E-state index contributed by atoms with van der Waals surface area (Å²) in [6.07, 6.45) is 6.23. The Morgan fingerprint density at radius 3 is 2.07 bits per heavy atom. The van der Waals surface area contributed by atoms with Crippen molar-refractivity contribution in [2.24, 2.45) is 0 Å². The third-order valence-corrected chi connectivity index (χ3v) is 7.63. The Morgan fingerprint density at radius 1 is 1.07 bits per heavy atom. The number of alkyl halides is 2. The number of unbranched alkanes of at least 4 members (excludes halogenated alkanes) is 1. The second kappa shape index (κ2) is 7.94. The van der Waals surface area contributed by atoms with Gasteiger partial charge in [0.1, 0.15) is 4.46 Å². The fraction of sp³-hybridized carbons (Fsp3) is 1.00. The lowest BCUT2D eigenvalue weighted by Gasteiger charge is -2.30. The van der Waals surface area contributed by atoms with E-state index in [9.17, 15) is 0 Å². The number of hydrogen-bond acceptors (Lipinski definition) is 1. The van der Waals surface area contributed by atoms with Gasteiger partial charge in [0.05, 0.1) is 0 Å². The van der Waals surface area contributed by atoms with Crippen molar-refractivity contribution in [1.82, 2.24) is 0 Å². The lowest BCUT2D eigenvalue weighted by molar-refractivity contribution is 0.168. The SMILES string of the molecule is CCCCC(CCC)O[Si](C)(C)C(Cl)Cl. The van der Waals surface area contributed by atoms with Gasteiger partial charge in [-0.2, -0.15) is 0 Å². The van der Waals surface area contributed by atoms with E-state index in [-0.39, 0.29) is 4.46 Å². The van der Waals surface area contributed by atoms with Crippen LogP contribution in [0.5, 0.6) is 0 Å². The van der Waals surface area contributed by atoms with Gasteiger partial charge in [-0.05, 0) is 25.9 Å². The largest absolute Gasteiger partial charge is 0.412 e. The zero-order chi connectivity index (χ0) is 11.9. The number of halogens is 2. The quantitative estimate of drug-likeness (QED) is 0.450. The van der Waals surface area contributed by atoms with E-state index < -0.39 is 8.32 Å². The molecular formula is C11H24Cl2OSi. The first kappa shape index (κ1) is 15.8. The van der Waals surface area contributed by atoms with Crippen molar-refractivity contribution >= 4 is 31.5 Å². The predicted molar refractivity (Wildman–Crippen MR) is 72.3 cm³/mol. The molecule has 0 aromatic carbocycles. The molecule has 0 saturated carbocycles. The van der Waals surface area contributed by atoms with Gasteiger partial charge in [-0.3, -0.25) is 0 Å². The highest BCUT2D eigenvalue weighted by Gasteiger charge is 2.33. The molecular weight excluding hydrogens is 247 g/mol. The minimum Gasteiger partial charge on any atom is -0.412 e. The Bertz CT molecular complexity index is 163. The van der Waals surface area contributed by atoms with Gasteiger partial charge < -0.3 is 4.43 Å². The van der Waals surface area contributed by atoms with Crippen LogP contribution in [0.1, 0.15) is 46.0 Å². The van der Waals surface area contributed by atoms with Gasteiger partial charge in [0.15, 0.2) is 0 Å². The van der Waals surface area contributed by atoms with E-state index in [1.165, 1.54) is 12.8 Å². The highest BCUT2D eigenvalue weighted by atomic mass is 35.5. The maximum atomic E-state index is 6.12. The highest BCUT2D eigenvalue weighted by molar-refractivity contribution is 6.88. The van der Waals surface area contributed by atoms with Crippen molar-refractivity contribution in [3.63, 3.8) is 0 Å². The molecule has 0 spiro atoms. The summed E-state index contributed by atoms with van der Waals surface area (Å²) in [5, 5.41) is 0. The van der Waals surface area contributed by atoms with Gasteiger partial charge in [0, 0.05) is 6.10 Å². The van der Waals surface area contributed by atoms with Crippen LogP contribution < -0.4 is 0 Å². The van der Waals surface area contributed by atoms with E-state index in [1.54, 1.807) is 0 Å². The van der Waals surface area contributed by atoms with Crippen LogP contribution in [0.4, 0.5) is 0 Å². The monoisotopic (exact) mass is 270 g/mol. The van der Waals surface area contributed by atoms with Crippen LogP contribution in [0.3, 0.4) is 0 Å². The molecule has 1 nitrogen and oxygen atoms in total. The average molecular weight is 271 g/mol. The summed E-state index contributed by atoms with van der Waals surface area (Å²) < 4.78 is 5.78. The Balaban J connectivity index is 4.13. The van der Waals surface area contributed by atoms with Gasteiger partial charge in [-0.1, -0.05) is 33.1 Å².